The molecular weight excluding hydrogens is 357 g/mol. The molecule has 1 saturated heterocycles. The first kappa shape index (κ1) is 18.6. The molecular formula is C22H24FN3O2. The lowest BCUT2D eigenvalue weighted by molar-refractivity contribution is 0.172. The quantitative estimate of drug-likeness (QED) is 0.636. The van der Waals surface area contributed by atoms with E-state index in [1.807, 2.05) is 30.3 Å². The van der Waals surface area contributed by atoms with E-state index in [-0.39, 0.29) is 5.82 Å². The minimum absolute atomic E-state index is 0.153. The van der Waals surface area contributed by atoms with E-state index in [2.05, 4.69) is 15.0 Å². The standard InChI is InChI=1S/C22H24FN3O2/c1-27-20-7-5-18(6-8-20)22-24-21(25-28-22)15-26-11-9-16(10-12-26)13-17-3-2-4-19(23)14-17/h2-8,14,16H,9-13,15H2,1H3. The summed E-state index contributed by atoms with van der Waals surface area (Å²) in [6.07, 6.45) is 3.13. The lowest BCUT2D eigenvalue weighted by atomic mass is 9.90. The Bertz CT molecular complexity index is 902. The lowest BCUT2D eigenvalue weighted by Gasteiger charge is -2.31. The maximum atomic E-state index is 13.4. The predicted molar refractivity (Wildman–Crippen MR) is 104 cm³/mol. The average molecular weight is 381 g/mol. The molecule has 6 heteroatoms. The van der Waals surface area contributed by atoms with Crippen LogP contribution in [-0.4, -0.2) is 35.2 Å². The second kappa shape index (κ2) is 8.52. The van der Waals surface area contributed by atoms with Crippen molar-refractivity contribution < 1.29 is 13.7 Å². The van der Waals surface area contributed by atoms with Gasteiger partial charge in [-0.15, -0.1) is 0 Å². The summed E-state index contributed by atoms with van der Waals surface area (Å²) in [6, 6.07) is 14.5. The number of likely N-dealkylation sites (tertiary alicyclic amines) is 1. The van der Waals surface area contributed by atoms with E-state index in [9.17, 15) is 4.39 Å². The van der Waals surface area contributed by atoms with Gasteiger partial charge >= 0.3 is 0 Å². The molecule has 5 nitrogen and oxygen atoms in total. The minimum atomic E-state index is -0.153. The van der Waals surface area contributed by atoms with Crippen molar-refractivity contribution in [2.24, 2.45) is 5.92 Å². The number of aromatic nitrogens is 2. The summed E-state index contributed by atoms with van der Waals surface area (Å²) in [5.41, 5.74) is 1.97. The van der Waals surface area contributed by atoms with E-state index in [1.165, 1.54) is 6.07 Å². The highest BCUT2D eigenvalue weighted by atomic mass is 19.1. The van der Waals surface area contributed by atoms with E-state index in [0.29, 0.717) is 24.2 Å². The Morgan fingerprint density at radius 3 is 2.64 bits per heavy atom. The predicted octanol–water partition coefficient (Wildman–Crippen LogP) is 4.34. The molecule has 0 bridgehead atoms. The van der Waals surface area contributed by atoms with Crippen molar-refractivity contribution in [2.45, 2.75) is 25.8 Å². The van der Waals surface area contributed by atoms with Gasteiger partial charge in [-0.2, -0.15) is 4.98 Å². The fraction of sp³-hybridized carbons (Fsp3) is 0.364. The molecule has 0 amide bonds. The SMILES string of the molecule is COc1ccc(-c2nc(CN3CCC(Cc4cccc(F)c4)CC3)no2)cc1. The van der Waals surface area contributed by atoms with Crippen molar-refractivity contribution >= 4 is 0 Å². The highest BCUT2D eigenvalue weighted by Gasteiger charge is 2.21. The number of rotatable bonds is 6. The average Bonchev–Trinajstić information content (AvgIpc) is 3.18. The van der Waals surface area contributed by atoms with Gasteiger partial charge in [0.05, 0.1) is 13.7 Å². The first-order valence-corrected chi connectivity index (χ1v) is 9.63. The van der Waals surface area contributed by atoms with Gasteiger partial charge in [-0.05, 0) is 80.2 Å². The highest BCUT2D eigenvalue weighted by molar-refractivity contribution is 5.54. The van der Waals surface area contributed by atoms with Crippen LogP contribution in [0.15, 0.2) is 53.1 Å². The molecule has 0 aliphatic carbocycles. The molecule has 0 atom stereocenters. The molecule has 0 N–H and O–H groups in total. The smallest absolute Gasteiger partial charge is 0.257 e. The van der Waals surface area contributed by atoms with Gasteiger partial charge in [0.15, 0.2) is 5.82 Å². The van der Waals surface area contributed by atoms with Gasteiger partial charge in [-0.3, -0.25) is 4.90 Å². The van der Waals surface area contributed by atoms with Crippen LogP contribution in [0.4, 0.5) is 4.39 Å². The zero-order valence-electron chi connectivity index (χ0n) is 16.0. The Labute approximate surface area is 164 Å². The third-order valence-corrected chi connectivity index (χ3v) is 5.29. The summed E-state index contributed by atoms with van der Waals surface area (Å²) in [4.78, 5) is 6.88. The van der Waals surface area contributed by atoms with Crippen LogP contribution in [0.1, 0.15) is 24.2 Å². The number of nitrogens with zero attached hydrogens (tertiary/aromatic N) is 3. The van der Waals surface area contributed by atoms with E-state index in [4.69, 9.17) is 9.26 Å². The van der Waals surface area contributed by atoms with Crippen LogP contribution in [0.3, 0.4) is 0 Å². The number of benzene rings is 2. The molecule has 0 spiro atoms. The van der Waals surface area contributed by atoms with Gasteiger partial charge in [-0.1, -0.05) is 17.3 Å². The molecule has 0 radical (unpaired) electrons. The van der Waals surface area contributed by atoms with Crippen molar-refractivity contribution in [3.63, 3.8) is 0 Å². The largest absolute Gasteiger partial charge is 0.497 e. The Morgan fingerprint density at radius 1 is 1.14 bits per heavy atom. The Balaban J connectivity index is 1.29. The molecule has 0 saturated carbocycles. The van der Waals surface area contributed by atoms with Crippen LogP contribution >= 0.6 is 0 Å². The first-order chi connectivity index (χ1) is 13.7. The summed E-state index contributed by atoms with van der Waals surface area (Å²) in [5, 5.41) is 4.13. The molecule has 4 rings (SSSR count). The molecule has 1 fully saturated rings. The molecule has 3 aromatic rings. The summed E-state index contributed by atoms with van der Waals surface area (Å²) < 4.78 is 23.9. The van der Waals surface area contributed by atoms with Crippen molar-refractivity contribution in [1.29, 1.82) is 0 Å². The third-order valence-electron chi connectivity index (χ3n) is 5.29. The lowest BCUT2D eigenvalue weighted by Crippen LogP contribution is -2.34. The van der Waals surface area contributed by atoms with Crippen LogP contribution in [-0.2, 0) is 13.0 Å². The van der Waals surface area contributed by atoms with Gasteiger partial charge in [0.2, 0.25) is 0 Å². The fourth-order valence-corrected chi connectivity index (χ4v) is 3.71. The zero-order valence-corrected chi connectivity index (χ0v) is 16.0. The van der Waals surface area contributed by atoms with Crippen LogP contribution < -0.4 is 4.74 Å². The van der Waals surface area contributed by atoms with Crippen molar-refractivity contribution in [1.82, 2.24) is 15.0 Å². The summed E-state index contributed by atoms with van der Waals surface area (Å²) >= 11 is 0. The van der Waals surface area contributed by atoms with Crippen molar-refractivity contribution in [3.05, 3.63) is 65.7 Å². The molecule has 2 aromatic carbocycles. The maximum Gasteiger partial charge on any atom is 0.257 e. The number of hydrogen-bond acceptors (Lipinski definition) is 5. The highest BCUT2D eigenvalue weighted by Crippen LogP contribution is 2.24. The number of piperidine rings is 1. The third kappa shape index (κ3) is 4.57. The summed E-state index contributed by atoms with van der Waals surface area (Å²) in [6.45, 7) is 2.67. The van der Waals surface area contributed by atoms with E-state index in [1.54, 1.807) is 19.2 Å². The van der Waals surface area contributed by atoms with Crippen molar-refractivity contribution in [3.8, 4) is 17.2 Å². The maximum absolute atomic E-state index is 13.4. The van der Waals surface area contributed by atoms with Gasteiger partial charge in [0.1, 0.15) is 11.6 Å². The first-order valence-electron chi connectivity index (χ1n) is 9.63. The fourth-order valence-electron chi connectivity index (χ4n) is 3.71. The van der Waals surface area contributed by atoms with Crippen LogP contribution in [0.2, 0.25) is 0 Å². The normalized spacial score (nSPS) is 15.6. The molecule has 1 aliphatic heterocycles. The Kier molecular flexibility index (Phi) is 5.67. The zero-order chi connectivity index (χ0) is 19.3. The van der Waals surface area contributed by atoms with Crippen LogP contribution in [0.25, 0.3) is 11.5 Å². The van der Waals surface area contributed by atoms with Gasteiger partial charge in [-0.25, -0.2) is 4.39 Å². The molecule has 1 aromatic heterocycles. The second-order valence-corrected chi connectivity index (χ2v) is 7.30. The molecule has 2 heterocycles. The molecule has 28 heavy (non-hydrogen) atoms. The Hall–Kier alpha value is -2.73. The topological polar surface area (TPSA) is 51.4 Å². The number of ether oxygens (including phenoxy) is 1. The van der Waals surface area contributed by atoms with Crippen molar-refractivity contribution in [2.75, 3.05) is 20.2 Å². The Morgan fingerprint density at radius 2 is 1.93 bits per heavy atom. The number of halogens is 1. The summed E-state index contributed by atoms with van der Waals surface area (Å²) in [5.74, 6) is 2.47. The van der Waals surface area contributed by atoms with Crippen LogP contribution in [0, 0.1) is 11.7 Å². The van der Waals surface area contributed by atoms with E-state index < -0.39 is 0 Å². The van der Waals surface area contributed by atoms with E-state index >= 15 is 0 Å². The van der Waals surface area contributed by atoms with Gasteiger partial charge in [0, 0.05) is 5.56 Å². The van der Waals surface area contributed by atoms with Gasteiger partial charge in [0.25, 0.3) is 5.89 Å². The number of hydrogen-bond donors (Lipinski definition) is 0. The summed E-state index contributed by atoms with van der Waals surface area (Å²) in [7, 11) is 1.64. The number of methoxy groups -OCH3 is 1. The molecule has 1 aliphatic rings. The molecule has 0 unspecified atom stereocenters. The minimum Gasteiger partial charge on any atom is -0.497 e. The van der Waals surface area contributed by atoms with E-state index in [0.717, 1.165) is 49.2 Å². The van der Waals surface area contributed by atoms with Crippen LogP contribution in [0.5, 0.6) is 5.75 Å². The monoisotopic (exact) mass is 381 g/mol. The van der Waals surface area contributed by atoms with Gasteiger partial charge < -0.3 is 9.26 Å². The second-order valence-electron chi connectivity index (χ2n) is 7.30. The molecule has 146 valence electrons.